The van der Waals surface area contributed by atoms with Crippen LogP contribution in [0.3, 0.4) is 0 Å². The van der Waals surface area contributed by atoms with E-state index < -0.39 is 0 Å². The fraction of sp³-hybridized carbons (Fsp3) is 0.600. The van der Waals surface area contributed by atoms with E-state index in [1.807, 2.05) is 0 Å². The Morgan fingerprint density at radius 3 is 2.78 bits per heavy atom. The summed E-state index contributed by atoms with van der Waals surface area (Å²) in [4.78, 5) is 0. The molecule has 1 N–H and O–H groups in total. The smallest absolute Gasteiger partial charge is 0.161 e. The van der Waals surface area contributed by atoms with Crippen LogP contribution in [0.2, 0.25) is 0 Å². The quantitative estimate of drug-likeness (QED) is 0.827. The normalized spacial score (nSPS) is 24.1. The molecule has 0 aliphatic carbocycles. The molecule has 0 bridgehead atoms. The molecule has 1 atom stereocenters. The average Bonchev–Trinajstić information content (AvgIpc) is 2.80. The van der Waals surface area contributed by atoms with Crippen LogP contribution in [0.25, 0.3) is 0 Å². The molecule has 1 fully saturated rings. The van der Waals surface area contributed by atoms with Gasteiger partial charge in [0.25, 0.3) is 0 Å². The van der Waals surface area contributed by atoms with E-state index in [1.54, 1.807) is 0 Å². The molecular weight excluding hydrogens is 226 g/mol. The van der Waals surface area contributed by atoms with Crippen LogP contribution in [0.15, 0.2) is 18.2 Å². The lowest BCUT2D eigenvalue weighted by molar-refractivity contribution is 0.297. The van der Waals surface area contributed by atoms with Crippen molar-refractivity contribution >= 4 is 0 Å². The first-order chi connectivity index (χ1) is 8.93. The molecule has 1 aromatic carbocycles. The summed E-state index contributed by atoms with van der Waals surface area (Å²) < 4.78 is 11.4. The number of nitrogens with one attached hydrogen (secondary N) is 1. The monoisotopic (exact) mass is 247 g/mol. The maximum absolute atomic E-state index is 5.77. The second kappa shape index (κ2) is 5.61. The zero-order chi connectivity index (χ0) is 12.2. The molecule has 0 aromatic heterocycles. The molecular formula is C15H21NO2. The van der Waals surface area contributed by atoms with Crippen LogP contribution in [-0.2, 0) is 0 Å². The molecule has 1 aromatic rings. The SMILES string of the molecule is c1cc2c(cc1C1CCCNCC1)OCCCO2. The minimum atomic E-state index is 0.664. The van der Waals surface area contributed by atoms with E-state index in [1.165, 1.54) is 24.8 Å². The summed E-state index contributed by atoms with van der Waals surface area (Å²) in [5.74, 6) is 2.50. The van der Waals surface area contributed by atoms with Crippen LogP contribution in [0.4, 0.5) is 0 Å². The number of hydrogen-bond donors (Lipinski definition) is 1. The fourth-order valence-corrected chi connectivity index (χ4v) is 2.79. The van der Waals surface area contributed by atoms with Crippen molar-refractivity contribution in [3.63, 3.8) is 0 Å². The van der Waals surface area contributed by atoms with Gasteiger partial charge < -0.3 is 14.8 Å². The second-order valence-corrected chi connectivity index (χ2v) is 5.13. The molecule has 0 radical (unpaired) electrons. The summed E-state index contributed by atoms with van der Waals surface area (Å²) in [6, 6.07) is 6.48. The van der Waals surface area contributed by atoms with E-state index in [4.69, 9.17) is 9.47 Å². The van der Waals surface area contributed by atoms with Crippen LogP contribution < -0.4 is 14.8 Å². The standard InChI is InChI=1S/C15H21NO2/c1-3-12(6-8-16-7-1)13-4-5-14-15(11-13)18-10-2-9-17-14/h4-5,11-12,16H,1-3,6-10H2. The van der Waals surface area contributed by atoms with E-state index in [-0.39, 0.29) is 0 Å². The molecule has 3 rings (SSSR count). The van der Waals surface area contributed by atoms with Gasteiger partial charge in [0.15, 0.2) is 11.5 Å². The summed E-state index contributed by atoms with van der Waals surface area (Å²) in [5.41, 5.74) is 1.41. The lowest BCUT2D eigenvalue weighted by Crippen LogP contribution is -2.13. The highest BCUT2D eigenvalue weighted by Gasteiger charge is 2.17. The van der Waals surface area contributed by atoms with E-state index in [2.05, 4.69) is 23.5 Å². The Morgan fingerprint density at radius 1 is 0.944 bits per heavy atom. The molecule has 98 valence electrons. The average molecular weight is 247 g/mol. The van der Waals surface area contributed by atoms with Crippen LogP contribution in [0.5, 0.6) is 11.5 Å². The summed E-state index contributed by atoms with van der Waals surface area (Å²) in [5, 5.41) is 3.46. The Hall–Kier alpha value is -1.22. The summed E-state index contributed by atoms with van der Waals surface area (Å²) in [6.45, 7) is 3.81. The van der Waals surface area contributed by atoms with Gasteiger partial charge in [-0.15, -0.1) is 0 Å². The number of benzene rings is 1. The van der Waals surface area contributed by atoms with Gasteiger partial charge in [-0.3, -0.25) is 0 Å². The summed E-state index contributed by atoms with van der Waals surface area (Å²) in [6.07, 6.45) is 4.72. The van der Waals surface area contributed by atoms with Crippen molar-refractivity contribution in [1.82, 2.24) is 5.32 Å². The summed E-state index contributed by atoms with van der Waals surface area (Å²) in [7, 11) is 0. The van der Waals surface area contributed by atoms with Crippen LogP contribution in [0, 0.1) is 0 Å². The third-order valence-corrected chi connectivity index (χ3v) is 3.82. The number of ether oxygens (including phenoxy) is 2. The van der Waals surface area contributed by atoms with Gasteiger partial charge in [-0.25, -0.2) is 0 Å². The highest BCUT2D eigenvalue weighted by atomic mass is 16.5. The molecule has 0 amide bonds. The molecule has 3 heteroatoms. The van der Waals surface area contributed by atoms with Crippen LogP contribution >= 0.6 is 0 Å². The molecule has 1 saturated heterocycles. The molecule has 2 aliphatic rings. The second-order valence-electron chi connectivity index (χ2n) is 5.13. The van der Waals surface area contributed by atoms with Crippen molar-refractivity contribution in [3.05, 3.63) is 23.8 Å². The minimum Gasteiger partial charge on any atom is -0.490 e. The zero-order valence-electron chi connectivity index (χ0n) is 10.8. The fourth-order valence-electron chi connectivity index (χ4n) is 2.79. The molecule has 18 heavy (non-hydrogen) atoms. The van der Waals surface area contributed by atoms with Crippen molar-refractivity contribution in [2.75, 3.05) is 26.3 Å². The van der Waals surface area contributed by atoms with E-state index in [0.717, 1.165) is 44.2 Å². The zero-order valence-corrected chi connectivity index (χ0v) is 10.8. The van der Waals surface area contributed by atoms with Crippen molar-refractivity contribution in [2.45, 2.75) is 31.6 Å². The molecule has 0 spiro atoms. The predicted octanol–water partition coefficient (Wildman–Crippen LogP) is 2.71. The van der Waals surface area contributed by atoms with Crippen molar-refractivity contribution in [2.24, 2.45) is 0 Å². The molecule has 1 unspecified atom stereocenters. The van der Waals surface area contributed by atoms with Crippen molar-refractivity contribution in [1.29, 1.82) is 0 Å². The van der Waals surface area contributed by atoms with Gasteiger partial charge in [0.2, 0.25) is 0 Å². The van der Waals surface area contributed by atoms with E-state index in [9.17, 15) is 0 Å². The Morgan fingerprint density at radius 2 is 1.83 bits per heavy atom. The van der Waals surface area contributed by atoms with Gasteiger partial charge in [-0.1, -0.05) is 6.07 Å². The predicted molar refractivity (Wildman–Crippen MR) is 71.5 cm³/mol. The van der Waals surface area contributed by atoms with Crippen LogP contribution in [-0.4, -0.2) is 26.3 Å². The first kappa shape index (κ1) is 11.8. The Balaban J connectivity index is 1.81. The number of hydrogen-bond acceptors (Lipinski definition) is 3. The molecule has 3 nitrogen and oxygen atoms in total. The Kier molecular flexibility index (Phi) is 3.69. The largest absolute Gasteiger partial charge is 0.490 e. The highest BCUT2D eigenvalue weighted by Crippen LogP contribution is 2.35. The van der Waals surface area contributed by atoms with E-state index in [0.29, 0.717) is 5.92 Å². The third kappa shape index (κ3) is 2.61. The highest BCUT2D eigenvalue weighted by molar-refractivity contribution is 5.44. The van der Waals surface area contributed by atoms with Crippen molar-refractivity contribution in [3.8, 4) is 11.5 Å². The van der Waals surface area contributed by atoms with Gasteiger partial charge in [-0.2, -0.15) is 0 Å². The lowest BCUT2D eigenvalue weighted by Gasteiger charge is -2.16. The Bertz CT molecular complexity index is 397. The Labute approximate surface area is 108 Å². The summed E-state index contributed by atoms with van der Waals surface area (Å²) >= 11 is 0. The molecule has 2 heterocycles. The van der Waals surface area contributed by atoms with Gasteiger partial charge in [-0.05, 0) is 56.0 Å². The molecule has 0 saturated carbocycles. The van der Waals surface area contributed by atoms with Crippen LogP contribution in [0.1, 0.15) is 37.2 Å². The van der Waals surface area contributed by atoms with Gasteiger partial charge in [0.1, 0.15) is 0 Å². The maximum atomic E-state index is 5.77. The number of rotatable bonds is 1. The topological polar surface area (TPSA) is 30.5 Å². The number of fused-ring (bicyclic) bond motifs is 1. The molecule has 2 aliphatic heterocycles. The lowest BCUT2D eigenvalue weighted by atomic mass is 9.92. The first-order valence-corrected chi connectivity index (χ1v) is 7.04. The third-order valence-electron chi connectivity index (χ3n) is 3.82. The first-order valence-electron chi connectivity index (χ1n) is 7.04. The van der Waals surface area contributed by atoms with E-state index >= 15 is 0 Å². The van der Waals surface area contributed by atoms with Gasteiger partial charge >= 0.3 is 0 Å². The minimum absolute atomic E-state index is 0.664. The van der Waals surface area contributed by atoms with Gasteiger partial charge in [0, 0.05) is 6.42 Å². The van der Waals surface area contributed by atoms with Crippen molar-refractivity contribution < 1.29 is 9.47 Å². The maximum Gasteiger partial charge on any atom is 0.161 e. The van der Waals surface area contributed by atoms with Gasteiger partial charge in [0.05, 0.1) is 13.2 Å².